The van der Waals surface area contributed by atoms with Crippen molar-refractivity contribution in [3.05, 3.63) is 129 Å². The first kappa shape index (κ1) is 34.9. The Morgan fingerprint density at radius 1 is 0.804 bits per heavy atom. The van der Waals surface area contributed by atoms with Crippen molar-refractivity contribution < 1.29 is 18.0 Å². The summed E-state index contributed by atoms with van der Waals surface area (Å²) in [6, 6.07) is 28.3. The van der Waals surface area contributed by atoms with Crippen LogP contribution in [-0.4, -0.2) is 43.3 Å². The molecule has 0 aliphatic heterocycles. The summed E-state index contributed by atoms with van der Waals surface area (Å²) >= 11 is 3.47. The number of sulfonamides is 1. The number of hydrogen-bond acceptors (Lipinski definition) is 4. The standard InChI is InChI=1S/C37H42BrN3O4S/c1-26-13-20-32(21-14-26)46(44,45)41(33-22-27(2)12-15-28(33)3)25-35(42)40(24-30-16-18-31(38)19-17-30)34(36(43)39-37(4,5)6)23-29-10-8-7-9-11-29/h7-22,34H,23-25H2,1-6H3,(H,39,43)/t34-/m0/s1. The monoisotopic (exact) mass is 703 g/mol. The highest BCUT2D eigenvalue weighted by atomic mass is 79.9. The van der Waals surface area contributed by atoms with E-state index in [1.165, 1.54) is 9.21 Å². The van der Waals surface area contributed by atoms with Gasteiger partial charge in [-0.1, -0.05) is 88.2 Å². The van der Waals surface area contributed by atoms with Crippen LogP contribution in [0.1, 0.15) is 48.6 Å². The number of anilines is 1. The van der Waals surface area contributed by atoms with E-state index in [0.29, 0.717) is 11.3 Å². The molecule has 4 aromatic carbocycles. The maximum Gasteiger partial charge on any atom is 0.264 e. The lowest BCUT2D eigenvalue weighted by Crippen LogP contribution is -2.56. The average Bonchev–Trinajstić information content (AvgIpc) is 2.99. The molecule has 4 rings (SSSR count). The van der Waals surface area contributed by atoms with Crippen LogP contribution in [0.3, 0.4) is 0 Å². The van der Waals surface area contributed by atoms with Crippen LogP contribution in [-0.2, 0) is 32.6 Å². The maximum absolute atomic E-state index is 14.7. The highest BCUT2D eigenvalue weighted by Crippen LogP contribution is 2.29. The van der Waals surface area contributed by atoms with E-state index < -0.39 is 34.1 Å². The molecular formula is C37H42BrN3O4S. The van der Waals surface area contributed by atoms with Crippen molar-refractivity contribution in [2.24, 2.45) is 0 Å². The first-order chi connectivity index (χ1) is 21.6. The van der Waals surface area contributed by atoms with Gasteiger partial charge in [-0.15, -0.1) is 0 Å². The fraction of sp³-hybridized carbons (Fsp3) is 0.297. The first-order valence-electron chi connectivity index (χ1n) is 15.2. The largest absolute Gasteiger partial charge is 0.350 e. The van der Waals surface area contributed by atoms with Crippen molar-refractivity contribution in [1.29, 1.82) is 0 Å². The number of carbonyl (C=O) groups is 2. The normalized spacial score (nSPS) is 12.3. The number of aryl methyl sites for hydroxylation is 3. The molecule has 0 spiro atoms. The zero-order chi connectivity index (χ0) is 33.6. The van der Waals surface area contributed by atoms with Crippen LogP contribution in [0.15, 0.2) is 106 Å². The topological polar surface area (TPSA) is 86.8 Å². The number of halogens is 1. The lowest BCUT2D eigenvalue weighted by atomic mass is 10.0. The van der Waals surface area contributed by atoms with Gasteiger partial charge in [0.1, 0.15) is 12.6 Å². The minimum absolute atomic E-state index is 0.0811. The molecule has 0 aliphatic rings. The van der Waals surface area contributed by atoms with Crippen LogP contribution in [0.5, 0.6) is 0 Å². The van der Waals surface area contributed by atoms with Crippen molar-refractivity contribution in [2.75, 3.05) is 10.8 Å². The Morgan fingerprint density at radius 3 is 2.02 bits per heavy atom. The molecule has 0 bridgehead atoms. The third-order valence-electron chi connectivity index (χ3n) is 7.56. The summed E-state index contributed by atoms with van der Waals surface area (Å²) in [4.78, 5) is 30.3. The number of nitrogens with one attached hydrogen (secondary N) is 1. The van der Waals surface area contributed by atoms with Gasteiger partial charge < -0.3 is 10.2 Å². The van der Waals surface area contributed by atoms with E-state index in [1.54, 1.807) is 30.3 Å². The van der Waals surface area contributed by atoms with Gasteiger partial charge in [-0.3, -0.25) is 13.9 Å². The Kier molecular flexibility index (Phi) is 11.1. The van der Waals surface area contributed by atoms with E-state index in [9.17, 15) is 18.0 Å². The van der Waals surface area contributed by atoms with Gasteiger partial charge in [-0.2, -0.15) is 0 Å². The van der Waals surface area contributed by atoms with Crippen LogP contribution in [0.2, 0.25) is 0 Å². The highest BCUT2D eigenvalue weighted by Gasteiger charge is 2.36. The van der Waals surface area contributed by atoms with Crippen LogP contribution in [0.25, 0.3) is 0 Å². The second-order valence-electron chi connectivity index (χ2n) is 12.7. The molecule has 0 heterocycles. The molecule has 4 aromatic rings. The van der Waals surface area contributed by atoms with Gasteiger partial charge >= 0.3 is 0 Å². The van der Waals surface area contributed by atoms with Gasteiger partial charge in [0.15, 0.2) is 0 Å². The second-order valence-corrected chi connectivity index (χ2v) is 15.5. The Bertz CT molecular complexity index is 1770. The van der Waals surface area contributed by atoms with Crippen molar-refractivity contribution in [3.8, 4) is 0 Å². The summed E-state index contributed by atoms with van der Waals surface area (Å²) in [5, 5.41) is 3.06. The van der Waals surface area contributed by atoms with Gasteiger partial charge in [0.05, 0.1) is 10.6 Å². The van der Waals surface area contributed by atoms with E-state index in [2.05, 4.69) is 21.2 Å². The summed E-state index contributed by atoms with van der Waals surface area (Å²) in [6.45, 7) is 10.9. The van der Waals surface area contributed by atoms with Crippen LogP contribution in [0.4, 0.5) is 5.69 Å². The van der Waals surface area contributed by atoms with Gasteiger partial charge in [0, 0.05) is 23.0 Å². The van der Waals surface area contributed by atoms with E-state index >= 15 is 0 Å². The fourth-order valence-electron chi connectivity index (χ4n) is 5.13. The molecule has 0 aliphatic carbocycles. The predicted molar refractivity (Wildman–Crippen MR) is 188 cm³/mol. The molecule has 9 heteroatoms. The zero-order valence-electron chi connectivity index (χ0n) is 27.2. The van der Waals surface area contributed by atoms with E-state index in [-0.39, 0.29) is 23.8 Å². The SMILES string of the molecule is Cc1ccc(S(=O)(=O)N(CC(=O)N(Cc2ccc(Br)cc2)[C@@H](Cc2ccccc2)C(=O)NC(C)(C)C)c2cc(C)ccc2C)cc1. The zero-order valence-corrected chi connectivity index (χ0v) is 29.7. The van der Waals surface area contributed by atoms with Crippen molar-refractivity contribution in [1.82, 2.24) is 10.2 Å². The predicted octanol–water partition coefficient (Wildman–Crippen LogP) is 7.12. The third-order valence-corrected chi connectivity index (χ3v) is 9.86. The van der Waals surface area contributed by atoms with Gasteiger partial charge in [-0.25, -0.2) is 8.42 Å². The first-order valence-corrected chi connectivity index (χ1v) is 17.4. The lowest BCUT2D eigenvalue weighted by Gasteiger charge is -2.35. The van der Waals surface area contributed by atoms with E-state index in [1.807, 2.05) is 108 Å². The molecule has 7 nitrogen and oxygen atoms in total. The van der Waals surface area contributed by atoms with Crippen molar-refractivity contribution >= 4 is 43.5 Å². The van der Waals surface area contributed by atoms with Crippen LogP contribution in [0, 0.1) is 20.8 Å². The molecule has 0 saturated heterocycles. The molecule has 0 fully saturated rings. The minimum atomic E-state index is -4.17. The molecular weight excluding hydrogens is 662 g/mol. The maximum atomic E-state index is 14.7. The lowest BCUT2D eigenvalue weighted by molar-refractivity contribution is -0.140. The van der Waals surface area contributed by atoms with Crippen LogP contribution >= 0.6 is 15.9 Å². The van der Waals surface area contributed by atoms with Gasteiger partial charge in [-0.05, 0) is 94.1 Å². The Balaban J connectivity index is 1.84. The molecule has 2 amide bonds. The number of rotatable bonds is 11. The molecule has 0 unspecified atom stereocenters. The molecule has 242 valence electrons. The average molecular weight is 705 g/mol. The number of carbonyl (C=O) groups excluding carboxylic acids is 2. The van der Waals surface area contributed by atoms with Gasteiger partial charge in [0.25, 0.3) is 10.0 Å². The quantitative estimate of drug-likeness (QED) is 0.180. The number of nitrogens with zero attached hydrogens (tertiary/aromatic N) is 2. The summed E-state index contributed by atoms with van der Waals surface area (Å²) in [7, 11) is -4.17. The molecule has 0 aromatic heterocycles. The molecule has 0 saturated carbocycles. The number of amides is 2. The molecule has 46 heavy (non-hydrogen) atoms. The number of benzene rings is 4. The van der Waals surface area contributed by atoms with Gasteiger partial charge in [0.2, 0.25) is 11.8 Å². The van der Waals surface area contributed by atoms with Crippen LogP contribution < -0.4 is 9.62 Å². The molecule has 1 atom stereocenters. The Hall–Kier alpha value is -3.95. The summed E-state index contributed by atoms with van der Waals surface area (Å²) in [6.07, 6.45) is 0.249. The number of hydrogen-bond donors (Lipinski definition) is 1. The third kappa shape index (κ3) is 9.07. The van der Waals surface area contributed by atoms with E-state index in [0.717, 1.165) is 26.7 Å². The Labute approximate surface area is 281 Å². The summed E-state index contributed by atoms with van der Waals surface area (Å²) in [5.41, 5.74) is 4.02. The van der Waals surface area contributed by atoms with Crippen molar-refractivity contribution in [3.63, 3.8) is 0 Å². The summed E-state index contributed by atoms with van der Waals surface area (Å²) < 4.78 is 30.7. The summed E-state index contributed by atoms with van der Waals surface area (Å²) in [5.74, 6) is -0.814. The highest BCUT2D eigenvalue weighted by molar-refractivity contribution is 9.10. The fourth-order valence-corrected chi connectivity index (χ4v) is 6.87. The van der Waals surface area contributed by atoms with E-state index in [4.69, 9.17) is 0 Å². The smallest absolute Gasteiger partial charge is 0.264 e. The van der Waals surface area contributed by atoms with Crippen molar-refractivity contribution in [2.45, 2.75) is 71.0 Å². The molecule has 1 N–H and O–H groups in total. The Morgan fingerprint density at radius 2 is 1.41 bits per heavy atom. The minimum Gasteiger partial charge on any atom is -0.350 e. The molecule has 0 radical (unpaired) electrons. The second kappa shape index (κ2) is 14.6.